The lowest BCUT2D eigenvalue weighted by atomic mass is 10.0. The molecule has 4 heterocycles. The van der Waals surface area contributed by atoms with Crippen LogP contribution < -0.4 is 4.90 Å². The van der Waals surface area contributed by atoms with E-state index in [9.17, 15) is 0 Å². The van der Waals surface area contributed by atoms with E-state index in [0.29, 0.717) is 24.4 Å². The third-order valence-electron chi connectivity index (χ3n) is 6.30. The van der Waals surface area contributed by atoms with Gasteiger partial charge in [-0.05, 0) is 35.8 Å². The van der Waals surface area contributed by atoms with Gasteiger partial charge in [-0.1, -0.05) is 30.4 Å². The molecule has 4 fully saturated rings. The average molecular weight is 423 g/mol. The number of allylic oxidation sites excluding steroid dienone is 4. The molecule has 0 radical (unpaired) electrons. The van der Waals surface area contributed by atoms with Crippen molar-refractivity contribution < 1.29 is 18.9 Å². The zero-order valence-electron chi connectivity index (χ0n) is 17.8. The van der Waals surface area contributed by atoms with Crippen LogP contribution in [0.4, 0.5) is 5.69 Å². The van der Waals surface area contributed by atoms with Gasteiger partial charge in [0.05, 0.1) is 50.8 Å². The van der Waals surface area contributed by atoms with Crippen molar-refractivity contribution in [3.05, 3.63) is 59.3 Å². The van der Waals surface area contributed by atoms with Crippen LogP contribution in [-0.2, 0) is 18.9 Å². The molecule has 6 nitrogen and oxygen atoms in total. The van der Waals surface area contributed by atoms with Crippen molar-refractivity contribution >= 4 is 11.8 Å². The SMILES string of the molecule is C1=C/C(=C/c2ccc(N(CC3CO3)CC3CO3)cc2)CC=C1N(CC1CO1)CC1CO1. The van der Waals surface area contributed by atoms with Crippen LogP contribution in [0.25, 0.3) is 6.08 Å². The van der Waals surface area contributed by atoms with Gasteiger partial charge >= 0.3 is 0 Å². The second-order valence-electron chi connectivity index (χ2n) is 9.11. The van der Waals surface area contributed by atoms with Crippen molar-refractivity contribution in [1.82, 2.24) is 4.90 Å². The smallest absolute Gasteiger partial charge is 0.0984 e. The van der Waals surface area contributed by atoms with Crippen molar-refractivity contribution in [2.75, 3.05) is 57.5 Å². The first-order valence-electron chi connectivity index (χ1n) is 11.4. The Hall–Kier alpha value is -2.12. The number of nitrogens with zero attached hydrogens (tertiary/aromatic N) is 2. The first-order chi connectivity index (χ1) is 15.3. The molecular weight excluding hydrogens is 392 g/mol. The number of benzene rings is 1. The minimum Gasteiger partial charge on any atom is -0.371 e. The largest absolute Gasteiger partial charge is 0.371 e. The Morgan fingerprint density at radius 1 is 0.710 bits per heavy atom. The van der Waals surface area contributed by atoms with Crippen molar-refractivity contribution in [3.63, 3.8) is 0 Å². The molecule has 164 valence electrons. The van der Waals surface area contributed by atoms with Crippen LogP contribution in [0.3, 0.4) is 0 Å². The third-order valence-corrected chi connectivity index (χ3v) is 6.30. The maximum Gasteiger partial charge on any atom is 0.0984 e. The minimum absolute atomic E-state index is 0.381. The van der Waals surface area contributed by atoms with E-state index < -0.39 is 0 Å². The van der Waals surface area contributed by atoms with Crippen molar-refractivity contribution in [3.8, 4) is 0 Å². The zero-order valence-corrected chi connectivity index (χ0v) is 17.8. The number of anilines is 1. The molecule has 31 heavy (non-hydrogen) atoms. The molecule has 4 aliphatic heterocycles. The molecular formula is C25H30N2O4. The molecule has 0 amide bonds. The molecule has 6 rings (SSSR count). The summed E-state index contributed by atoms with van der Waals surface area (Å²) in [5.41, 5.74) is 5.10. The zero-order chi connectivity index (χ0) is 20.6. The summed E-state index contributed by atoms with van der Waals surface area (Å²) in [6.07, 6.45) is 11.6. The molecule has 1 aromatic carbocycles. The van der Waals surface area contributed by atoms with Crippen LogP contribution in [0.2, 0.25) is 0 Å². The summed E-state index contributed by atoms with van der Waals surface area (Å²) in [7, 11) is 0. The molecule has 0 spiro atoms. The molecule has 6 heteroatoms. The van der Waals surface area contributed by atoms with Gasteiger partial charge in [-0.3, -0.25) is 0 Å². The van der Waals surface area contributed by atoms with Crippen LogP contribution in [0.15, 0.2) is 53.8 Å². The van der Waals surface area contributed by atoms with E-state index in [2.05, 4.69) is 58.4 Å². The molecule has 1 aromatic rings. The molecule has 5 aliphatic rings. The van der Waals surface area contributed by atoms with E-state index in [0.717, 1.165) is 59.0 Å². The maximum absolute atomic E-state index is 5.44. The van der Waals surface area contributed by atoms with Gasteiger partial charge in [0.15, 0.2) is 0 Å². The third kappa shape index (κ3) is 5.57. The van der Waals surface area contributed by atoms with E-state index in [1.165, 1.54) is 22.5 Å². The quantitative estimate of drug-likeness (QED) is 0.511. The average Bonchev–Trinajstić information content (AvgIpc) is 3.63. The summed E-state index contributed by atoms with van der Waals surface area (Å²) in [5.74, 6) is 0. The van der Waals surface area contributed by atoms with Gasteiger partial charge in [0.25, 0.3) is 0 Å². The van der Waals surface area contributed by atoms with Gasteiger partial charge in [0, 0.05) is 37.6 Å². The Kier molecular flexibility index (Phi) is 5.32. The molecule has 4 unspecified atom stereocenters. The highest BCUT2D eigenvalue weighted by molar-refractivity contribution is 5.61. The van der Waals surface area contributed by atoms with Crippen molar-refractivity contribution in [1.29, 1.82) is 0 Å². The molecule has 1 aliphatic carbocycles. The summed E-state index contributed by atoms with van der Waals surface area (Å²) in [4.78, 5) is 4.81. The van der Waals surface area contributed by atoms with Crippen molar-refractivity contribution in [2.45, 2.75) is 30.8 Å². The molecule has 0 aromatic heterocycles. The lowest BCUT2D eigenvalue weighted by molar-refractivity contribution is 0.267. The number of rotatable bonds is 11. The highest BCUT2D eigenvalue weighted by Gasteiger charge is 2.32. The van der Waals surface area contributed by atoms with E-state index >= 15 is 0 Å². The lowest BCUT2D eigenvalue weighted by Gasteiger charge is -2.26. The summed E-state index contributed by atoms with van der Waals surface area (Å²) >= 11 is 0. The van der Waals surface area contributed by atoms with Crippen LogP contribution in [0.1, 0.15) is 12.0 Å². The fourth-order valence-corrected chi connectivity index (χ4v) is 4.14. The van der Waals surface area contributed by atoms with Crippen LogP contribution in [0, 0.1) is 0 Å². The summed E-state index contributed by atoms with van der Waals surface area (Å²) in [6, 6.07) is 8.87. The van der Waals surface area contributed by atoms with Crippen LogP contribution >= 0.6 is 0 Å². The highest BCUT2D eigenvalue weighted by atomic mass is 16.6. The fourth-order valence-electron chi connectivity index (χ4n) is 4.14. The maximum atomic E-state index is 5.44. The predicted molar refractivity (Wildman–Crippen MR) is 119 cm³/mol. The van der Waals surface area contributed by atoms with E-state index in [1.807, 2.05) is 0 Å². The fraction of sp³-hybridized carbons (Fsp3) is 0.520. The normalized spacial score (nSPS) is 31.4. The van der Waals surface area contributed by atoms with Gasteiger partial charge in [-0.2, -0.15) is 0 Å². The van der Waals surface area contributed by atoms with Gasteiger partial charge in [0.1, 0.15) is 0 Å². The van der Waals surface area contributed by atoms with E-state index in [1.54, 1.807) is 0 Å². The van der Waals surface area contributed by atoms with E-state index in [-0.39, 0.29) is 0 Å². The monoisotopic (exact) mass is 422 g/mol. The number of epoxide rings is 4. The molecule has 4 atom stereocenters. The van der Waals surface area contributed by atoms with Gasteiger partial charge in [-0.15, -0.1) is 0 Å². The van der Waals surface area contributed by atoms with Gasteiger partial charge in [-0.25, -0.2) is 0 Å². The van der Waals surface area contributed by atoms with Crippen LogP contribution in [-0.4, -0.2) is 81.9 Å². The number of hydrogen-bond donors (Lipinski definition) is 0. The van der Waals surface area contributed by atoms with Gasteiger partial charge < -0.3 is 28.7 Å². The number of ether oxygens (including phenoxy) is 4. The second kappa shape index (κ2) is 8.43. The Morgan fingerprint density at radius 2 is 1.23 bits per heavy atom. The summed E-state index contributed by atoms with van der Waals surface area (Å²) < 4.78 is 21.8. The molecule has 0 saturated carbocycles. The molecule has 0 bridgehead atoms. The minimum atomic E-state index is 0.381. The Balaban J connectivity index is 1.09. The standard InChI is InChI=1S/C25H30N2O4/c1-5-20(26(10-22-14-28-22)11-23-15-29-23)6-2-18(1)9-19-3-7-21(8-4-19)27(12-24-16-30-24)13-25-17-31-25/h1-3,5-9,22-25H,4,10-17H2/b19-9-. The van der Waals surface area contributed by atoms with Crippen LogP contribution in [0.5, 0.6) is 0 Å². The second-order valence-corrected chi connectivity index (χ2v) is 9.11. The summed E-state index contributed by atoms with van der Waals surface area (Å²) in [6.45, 7) is 7.36. The Bertz CT molecular complexity index is 849. The van der Waals surface area contributed by atoms with E-state index in [4.69, 9.17) is 18.9 Å². The topological polar surface area (TPSA) is 56.6 Å². The highest BCUT2D eigenvalue weighted by Crippen LogP contribution is 2.27. The molecule has 4 saturated heterocycles. The predicted octanol–water partition coefficient (Wildman–Crippen LogP) is 2.62. The summed E-state index contributed by atoms with van der Waals surface area (Å²) in [5, 5.41) is 0. The Morgan fingerprint density at radius 3 is 1.68 bits per heavy atom. The number of hydrogen-bond acceptors (Lipinski definition) is 6. The Labute approximate surface area is 183 Å². The lowest BCUT2D eigenvalue weighted by Crippen LogP contribution is -2.31. The first-order valence-corrected chi connectivity index (χ1v) is 11.4. The van der Waals surface area contributed by atoms with Crippen molar-refractivity contribution in [2.24, 2.45) is 0 Å². The molecule has 0 N–H and O–H groups in total. The van der Waals surface area contributed by atoms with Gasteiger partial charge in [0.2, 0.25) is 0 Å². The first kappa shape index (κ1) is 19.6.